The van der Waals surface area contributed by atoms with E-state index in [1.807, 2.05) is 0 Å². The highest BCUT2D eigenvalue weighted by Gasteiger charge is 2.16. The molecule has 0 aliphatic heterocycles. The summed E-state index contributed by atoms with van der Waals surface area (Å²) in [5.41, 5.74) is 2.47. The van der Waals surface area contributed by atoms with Crippen molar-refractivity contribution in [2.45, 2.75) is 52.5 Å². The molecule has 0 bridgehead atoms. The molecule has 0 radical (unpaired) electrons. The van der Waals surface area contributed by atoms with E-state index < -0.39 is 0 Å². The van der Waals surface area contributed by atoms with Crippen LogP contribution in [0.5, 0.6) is 5.75 Å². The van der Waals surface area contributed by atoms with E-state index in [2.05, 4.69) is 54.2 Å². The molecule has 0 aliphatic carbocycles. The molecule has 0 saturated heterocycles. The van der Waals surface area contributed by atoms with Crippen molar-refractivity contribution in [2.24, 2.45) is 0 Å². The largest absolute Gasteiger partial charge is 0.496 e. The summed E-state index contributed by atoms with van der Waals surface area (Å²) < 4.78 is 6.71. The summed E-state index contributed by atoms with van der Waals surface area (Å²) in [7, 11) is 1.75. The van der Waals surface area contributed by atoms with Crippen LogP contribution in [0.15, 0.2) is 16.6 Å². The van der Waals surface area contributed by atoms with Gasteiger partial charge in [-0.2, -0.15) is 0 Å². The summed E-state index contributed by atoms with van der Waals surface area (Å²) in [5, 5.41) is 3.58. The topological polar surface area (TPSA) is 21.3 Å². The minimum atomic E-state index is 0.378. The predicted molar refractivity (Wildman–Crippen MR) is 86.0 cm³/mol. The van der Waals surface area contributed by atoms with E-state index in [4.69, 9.17) is 4.74 Å². The molecule has 3 heteroatoms. The van der Waals surface area contributed by atoms with Crippen LogP contribution in [-0.4, -0.2) is 13.7 Å². The van der Waals surface area contributed by atoms with Crippen LogP contribution in [0.1, 0.15) is 56.7 Å². The molecule has 0 fully saturated rings. The lowest BCUT2D eigenvalue weighted by atomic mass is 9.98. The average Bonchev–Trinajstić information content (AvgIpc) is 2.40. The lowest BCUT2D eigenvalue weighted by molar-refractivity contribution is 0.393. The number of nitrogens with one attached hydrogen (secondary N) is 1. The smallest absolute Gasteiger partial charge is 0.123 e. The average molecular weight is 328 g/mol. The number of hydrogen-bond donors (Lipinski definition) is 1. The molecule has 1 atom stereocenters. The molecular formula is C16H26BrNO. The van der Waals surface area contributed by atoms with Crippen LogP contribution in [0.4, 0.5) is 0 Å². The number of unbranched alkanes of at least 4 members (excludes halogenated alkanes) is 2. The summed E-state index contributed by atoms with van der Waals surface area (Å²) in [5.74, 6) is 0.989. The van der Waals surface area contributed by atoms with Crippen LogP contribution >= 0.6 is 15.9 Å². The fraction of sp³-hybridized carbons (Fsp3) is 0.625. The maximum atomic E-state index is 5.55. The van der Waals surface area contributed by atoms with Gasteiger partial charge in [0.05, 0.1) is 7.11 Å². The number of ether oxygens (including phenoxy) is 1. The third-order valence-electron chi connectivity index (χ3n) is 3.43. The van der Waals surface area contributed by atoms with E-state index in [1.165, 1.54) is 30.4 Å². The third-order valence-corrected chi connectivity index (χ3v) is 4.29. The Bertz CT molecular complexity index is 393. The van der Waals surface area contributed by atoms with Gasteiger partial charge in [-0.1, -0.05) is 49.0 Å². The Labute approximate surface area is 126 Å². The number of benzene rings is 1. The van der Waals surface area contributed by atoms with Gasteiger partial charge < -0.3 is 10.1 Å². The van der Waals surface area contributed by atoms with Crippen molar-refractivity contribution in [3.05, 3.63) is 27.7 Å². The molecule has 0 aromatic heterocycles. The van der Waals surface area contributed by atoms with Crippen molar-refractivity contribution >= 4 is 15.9 Å². The first-order valence-corrected chi connectivity index (χ1v) is 8.00. The highest BCUT2D eigenvalue weighted by molar-refractivity contribution is 9.10. The Balaban J connectivity index is 2.96. The van der Waals surface area contributed by atoms with Crippen LogP contribution in [0.3, 0.4) is 0 Å². The number of hydrogen-bond acceptors (Lipinski definition) is 2. The second-order valence-electron chi connectivity index (χ2n) is 4.95. The lowest BCUT2D eigenvalue weighted by Crippen LogP contribution is -2.21. The SMILES string of the molecule is CCCCCC(NCC)c1cc(Br)c(C)cc1OC. The summed E-state index contributed by atoms with van der Waals surface area (Å²) in [6.45, 7) is 7.47. The highest BCUT2D eigenvalue weighted by Crippen LogP contribution is 2.33. The van der Waals surface area contributed by atoms with Crippen molar-refractivity contribution in [1.29, 1.82) is 0 Å². The van der Waals surface area contributed by atoms with Crippen molar-refractivity contribution in [3.8, 4) is 5.75 Å². The summed E-state index contributed by atoms with van der Waals surface area (Å²) in [4.78, 5) is 0. The van der Waals surface area contributed by atoms with E-state index in [1.54, 1.807) is 7.11 Å². The number of aryl methyl sites for hydroxylation is 1. The normalized spacial score (nSPS) is 12.5. The second-order valence-corrected chi connectivity index (χ2v) is 5.80. The van der Waals surface area contributed by atoms with E-state index in [0.717, 1.165) is 23.2 Å². The van der Waals surface area contributed by atoms with Gasteiger partial charge in [0.1, 0.15) is 5.75 Å². The molecule has 1 unspecified atom stereocenters. The van der Waals surface area contributed by atoms with Crippen LogP contribution in [0.25, 0.3) is 0 Å². The molecule has 1 aromatic carbocycles. The first kappa shape index (κ1) is 16.5. The van der Waals surface area contributed by atoms with Crippen molar-refractivity contribution in [2.75, 3.05) is 13.7 Å². The van der Waals surface area contributed by atoms with Crippen molar-refractivity contribution < 1.29 is 4.74 Å². The first-order chi connectivity index (χ1) is 9.13. The zero-order valence-corrected chi connectivity index (χ0v) is 14.1. The summed E-state index contributed by atoms with van der Waals surface area (Å²) >= 11 is 3.63. The van der Waals surface area contributed by atoms with E-state index in [-0.39, 0.29) is 0 Å². The molecule has 0 aliphatic rings. The lowest BCUT2D eigenvalue weighted by Gasteiger charge is -2.22. The molecule has 0 spiro atoms. The minimum Gasteiger partial charge on any atom is -0.496 e. The van der Waals surface area contributed by atoms with Gasteiger partial charge >= 0.3 is 0 Å². The molecule has 2 nitrogen and oxygen atoms in total. The highest BCUT2D eigenvalue weighted by atomic mass is 79.9. The monoisotopic (exact) mass is 327 g/mol. The molecule has 108 valence electrons. The van der Waals surface area contributed by atoms with Crippen molar-refractivity contribution in [3.63, 3.8) is 0 Å². The Morgan fingerprint density at radius 2 is 2.00 bits per heavy atom. The maximum Gasteiger partial charge on any atom is 0.123 e. The molecule has 0 heterocycles. The van der Waals surface area contributed by atoms with Gasteiger partial charge in [-0.25, -0.2) is 0 Å². The zero-order valence-electron chi connectivity index (χ0n) is 12.6. The molecule has 1 rings (SSSR count). The standard InChI is InChI=1S/C16H26BrNO/c1-5-7-8-9-15(18-6-2)13-11-14(17)12(3)10-16(13)19-4/h10-11,15,18H,5-9H2,1-4H3. The van der Waals surface area contributed by atoms with Gasteiger partial charge in [-0.15, -0.1) is 0 Å². The molecule has 1 aromatic rings. The fourth-order valence-corrected chi connectivity index (χ4v) is 2.69. The number of rotatable bonds is 8. The Hall–Kier alpha value is -0.540. The molecule has 0 saturated carbocycles. The fourth-order valence-electron chi connectivity index (χ4n) is 2.33. The molecule has 0 amide bonds. The van der Waals surface area contributed by atoms with E-state index in [9.17, 15) is 0 Å². The van der Waals surface area contributed by atoms with E-state index in [0.29, 0.717) is 6.04 Å². The van der Waals surface area contributed by atoms with Crippen LogP contribution in [-0.2, 0) is 0 Å². The first-order valence-electron chi connectivity index (χ1n) is 7.21. The maximum absolute atomic E-state index is 5.55. The van der Waals surface area contributed by atoms with Crippen LogP contribution in [0.2, 0.25) is 0 Å². The van der Waals surface area contributed by atoms with Gasteiger partial charge in [0, 0.05) is 16.1 Å². The minimum absolute atomic E-state index is 0.378. The second kappa shape index (κ2) is 8.60. The van der Waals surface area contributed by atoms with Crippen LogP contribution < -0.4 is 10.1 Å². The molecule has 1 N–H and O–H groups in total. The summed E-state index contributed by atoms with van der Waals surface area (Å²) in [6.07, 6.45) is 4.96. The van der Waals surface area contributed by atoms with Crippen molar-refractivity contribution in [1.82, 2.24) is 5.32 Å². The summed E-state index contributed by atoms with van der Waals surface area (Å²) in [6, 6.07) is 4.69. The zero-order chi connectivity index (χ0) is 14.3. The van der Waals surface area contributed by atoms with Gasteiger partial charge in [-0.3, -0.25) is 0 Å². The molecular weight excluding hydrogens is 302 g/mol. The Morgan fingerprint density at radius 3 is 2.58 bits per heavy atom. The number of methoxy groups -OCH3 is 1. The number of halogens is 1. The predicted octanol–water partition coefficient (Wildman–Crippen LogP) is 5.00. The Kier molecular flexibility index (Phi) is 7.47. The van der Waals surface area contributed by atoms with Crippen LogP contribution in [0, 0.1) is 6.92 Å². The van der Waals surface area contributed by atoms with E-state index >= 15 is 0 Å². The quantitative estimate of drug-likeness (QED) is 0.678. The van der Waals surface area contributed by atoms with Gasteiger partial charge in [0.25, 0.3) is 0 Å². The third kappa shape index (κ3) is 4.81. The van der Waals surface area contributed by atoms with Gasteiger partial charge in [0.2, 0.25) is 0 Å². The molecule has 19 heavy (non-hydrogen) atoms. The Morgan fingerprint density at radius 1 is 1.26 bits per heavy atom. The van der Waals surface area contributed by atoms with Gasteiger partial charge in [-0.05, 0) is 37.6 Å². The van der Waals surface area contributed by atoms with Gasteiger partial charge in [0.15, 0.2) is 0 Å².